The highest BCUT2D eigenvalue weighted by Gasteiger charge is 2.15. The summed E-state index contributed by atoms with van der Waals surface area (Å²) in [6.07, 6.45) is 8.41. The summed E-state index contributed by atoms with van der Waals surface area (Å²) in [5.41, 5.74) is 3.18. The van der Waals surface area contributed by atoms with Gasteiger partial charge in [0.25, 0.3) is 0 Å². The van der Waals surface area contributed by atoms with Crippen LogP contribution in [0.4, 0.5) is 8.78 Å². The molecule has 0 radical (unpaired) electrons. The first kappa shape index (κ1) is 36.6. The van der Waals surface area contributed by atoms with Gasteiger partial charge in [-0.25, -0.2) is 8.78 Å². The minimum Gasteiger partial charge on any atom is -0.383 e. The smallest absolute Gasteiger partial charge is 0.195 e. The molecule has 0 saturated heterocycles. The maximum Gasteiger partial charge on any atom is 0.195 e. The standard InChI is InChI=1S/C16H15FN2O.C13H10FNO.C6H16N2O/c1-19(2)11-15(12-3-5-14(17)6-4-12)16(20)13-7-9-18-10-8-13;14-12-3-1-10(2-4-12)9-13(16)11-5-7-15-8-6-11;1-7(2)6(9-5)8(3)4/h3-11H,1-2H3;1-8H,9H2;6H,1-5H3/b15-11-;;. The molecular formula is C35H41F2N5O3. The molecule has 0 amide bonds. The Balaban J connectivity index is 0.000000253. The van der Waals surface area contributed by atoms with Crippen molar-refractivity contribution in [3.05, 3.63) is 138 Å². The molecule has 0 aliphatic rings. The van der Waals surface area contributed by atoms with Gasteiger partial charge in [0.2, 0.25) is 0 Å². The fourth-order valence-electron chi connectivity index (χ4n) is 4.12. The van der Waals surface area contributed by atoms with Crippen LogP contribution in [0.15, 0.2) is 104 Å². The van der Waals surface area contributed by atoms with Gasteiger partial charge in [0, 0.05) is 75.3 Å². The lowest BCUT2D eigenvalue weighted by Crippen LogP contribution is -2.41. The number of rotatable bonds is 10. The lowest BCUT2D eigenvalue weighted by molar-refractivity contribution is -0.0950. The van der Waals surface area contributed by atoms with Gasteiger partial charge in [-0.15, -0.1) is 0 Å². The third-order valence-electron chi connectivity index (χ3n) is 6.10. The van der Waals surface area contributed by atoms with Crippen molar-refractivity contribution in [3.63, 3.8) is 0 Å². The van der Waals surface area contributed by atoms with E-state index in [1.54, 1.807) is 91.5 Å². The van der Waals surface area contributed by atoms with Crippen LogP contribution < -0.4 is 0 Å². The van der Waals surface area contributed by atoms with Crippen molar-refractivity contribution in [2.24, 2.45) is 0 Å². The predicted octanol–water partition coefficient (Wildman–Crippen LogP) is 5.69. The number of methoxy groups -OCH3 is 1. The number of pyridine rings is 2. The van der Waals surface area contributed by atoms with Crippen LogP contribution in [0, 0.1) is 11.6 Å². The van der Waals surface area contributed by atoms with E-state index in [1.807, 2.05) is 52.1 Å². The van der Waals surface area contributed by atoms with Gasteiger partial charge in [-0.1, -0.05) is 24.3 Å². The molecule has 10 heteroatoms. The molecule has 0 aliphatic heterocycles. The van der Waals surface area contributed by atoms with Crippen molar-refractivity contribution in [1.82, 2.24) is 24.7 Å². The Hall–Kier alpha value is -4.64. The monoisotopic (exact) mass is 617 g/mol. The molecule has 0 atom stereocenters. The van der Waals surface area contributed by atoms with Crippen LogP contribution in [0.5, 0.6) is 0 Å². The third kappa shape index (κ3) is 12.9. The summed E-state index contributed by atoms with van der Waals surface area (Å²) in [6.45, 7) is 0. The molecule has 2 heterocycles. The van der Waals surface area contributed by atoms with Crippen LogP contribution in [0.3, 0.4) is 0 Å². The van der Waals surface area contributed by atoms with E-state index in [2.05, 4.69) is 9.97 Å². The second-order valence-corrected chi connectivity index (χ2v) is 10.5. The second-order valence-electron chi connectivity index (χ2n) is 10.5. The van der Waals surface area contributed by atoms with Gasteiger partial charge < -0.3 is 9.64 Å². The van der Waals surface area contributed by atoms with Gasteiger partial charge in [0.15, 0.2) is 17.9 Å². The van der Waals surface area contributed by atoms with Gasteiger partial charge in [0.1, 0.15) is 11.6 Å². The molecule has 4 aromatic rings. The largest absolute Gasteiger partial charge is 0.383 e. The van der Waals surface area contributed by atoms with E-state index in [9.17, 15) is 18.4 Å². The molecule has 45 heavy (non-hydrogen) atoms. The average Bonchev–Trinajstić information content (AvgIpc) is 3.02. The quantitative estimate of drug-likeness (QED) is 0.128. The van der Waals surface area contributed by atoms with E-state index in [0.29, 0.717) is 22.3 Å². The molecule has 4 rings (SSSR count). The molecule has 2 aromatic heterocycles. The van der Waals surface area contributed by atoms with Crippen molar-refractivity contribution >= 4 is 17.1 Å². The number of benzene rings is 2. The van der Waals surface area contributed by atoms with Crippen molar-refractivity contribution in [1.29, 1.82) is 0 Å². The molecule has 0 unspecified atom stereocenters. The van der Waals surface area contributed by atoms with Crippen LogP contribution in [0.2, 0.25) is 0 Å². The van der Waals surface area contributed by atoms with Crippen molar-refractivity contribution in [2.45, 2.75) is 12.8 Å². The van der Waals surface area contributed by atoms with E-state index in [-0.39, 0.29) is 36.0 Å². The molecular weight excluding hydrogens is 576 g/mol. The normalized spacial score (nSPS) is 11.0. The summed E-state index contributed by atoms with van der Waals surface area (Å²) in [6, 6.07) is 18.5. The SMILES string of the molecule is CN(C)/C=C(\C(=O)c1ccncc1)c1ccc(F)cc1.COC(N(C)C)N(C)C.O=C(Cc1ccc(F)cc1)c1ccncc1. The lowest BCUT2D eigenvalue weighted by Gasteiger charge is -2.28. The number of allylic oxidation sites excluding steroid dienone is 1. The predicted molar refractivity (Wildman–Crippen MR) is 173 cm³/mol. The Kier molecular flexibility index (Phi) is 15.3. The Bertz CT molecular complexity index is 1470. The van der Waals surface area contributed by atoms with E-state index >= 15 is 0 Å². The van der Waals surface area contributed by atoms with E-state index in [1.165, 1.54) is 24.3 Å². The molecule has 238 valence electrons. The summed E-state index contributed by atoms with van der Waals surface area (Å²) in [7, 11) is 13.3. The summed E-state index contributed by atoms with van der Waals surface area (Å²) in [5, 5.41) is 0. The van der Waals surface area contributed by atoms with Crippen molar-refractivity contribution in [3.8, 4) is 0 Å². The van der Waals surface area contributed by atoms with Crippen LogP contribution in [-0.4, -0.2) is 92.0 Å². The lowest BCUT2D eigenvalue weighted by atomic mass is 9.98. The van der Waals surface area contributed by atoms with Gasteiger partial charge in [-0.3, -0.25) is 29.4 Å². The van der Waals surface area contributed by atoms with E-state index < -0.39 is 0 Å². The second kappa shape index (κ2) is 18.9. The Labute approximate surface area is 264 Å². The van der Waals surface area contributed by atoms with Crippen LogP contribution in [0.1, 0.15) is 31.8 Å². The average molecular weight is 618 g/mol. The third-order valence-corrected chi connectivity index (χ3v) is 6.10. The van der Waals surface area contributed by atoms with Crippen molar-refractivity contribution in [2.75, 3.05) is 49.4 Å². The first-order valence-corrected chi connectivity index (χ1v) is 14.0. The van der Waals surface area contributed by atoms with E-state index in [4.69, 9.17) is 4.74 Å². The zero-order valence-electron chi connectivity index (χ0n) is 26.8. The molecule has 2 aromatic carbocycles. The number of aromatic nitrogens is 2. The zero-order chi connectivity index (χ0) is 33.4. The minimum atomic E-state index is -0.325. The van der Waals surface area contributed by atoms with Crippen LogP contribution in [0.25, 0.3) is 5.57 Å². The number of Topliss-reactive ketones (excluding diaryl/α,β-unsaturated/α-hetero) is 2. The van der Waals surface area contributed by atoms with Gasteiger partial charge in [-0.2, -0.15) is 0 Å². The summed E-state index contributed by atoms with van der Waals surface area (Å²) in [5.74, 6) is -0.726. The molecule has 0 spiro atoms. The highest BCUT2D eigenvalue weighted by molar-refractivity contribution is 6.28. The van der Waals surface area contributed by atoms with Crippen molar-refractivity contribution < 1.29 is 23.1 Å². The number of hydrogen-bond donors (Lipinski definition) is 0. The molecule has 0 aliphatic carbocycles. The van der Waals surface area contributed by atoms with Gasteiger partial charge in [0.05, 0.1) is 0 Å². The number of hydrogen-bond acceptors (Lipinski definition) is 8. The number of carbonyl (C=O) groups is 2. The molecule has 0 fully saturated rings. The molecule has 0 bridgehead atoms. The number of nitrogens with zero attached hydrogens (tertiary/aromatic N) is 5. The Morgan fingerprint density at radius 1 is 0.689 bits per heavy atom. The maximum atomic E-state index is 13.0. The highest BCUT2D eigenvalue weighted by atomic mass is 19.1. The van der Waals surface area contributed by atoms with Gasteiger partial charge in [-0.05, 0) is 87.8 Å². The molecule has 0 N–H and O–H groups in total. The number of ketones is 2. The maximum absolute atomic E-state index is 13.0. The summed E-state index contributed by atoms with van der Waals surface area (Å²) < 4.78 is 30.8. The number of ether oxygens (including phenoxy) is 1. The molecule has 8 nitrogen and oxygen atoms in total. The van der Waals surface area contributed by atoms with Gasteiger partial charge >= 0.3 is 0 Å². The Morgan fingerprint density at radius 2 is 1.13 bits per heavy atom. The summed E-state index contributed by atoms with van der Waals surface area (Å²) in [4.78, 5) is 37.9. The first-order valence-electron chi connectivity index (χ1n) is 14.0. The fraction of sp³-hybridized carbons (Fsp3) is 0.257. The first-order chi connectivity index (χ1) is 21.4. The Morgan fingerprint density at radius 3 is 1.53 bits per heavy atom. The van der Waals surface area contributed by atoms with E-state index in [0.717, 1.165) is 5.56 Å². The summed E-state index contributed by atoms with van der Waals surface area (Å²) >= 11 is 0. The fourth-order valence-corrected chi connectivity index (χ4v) is 4.12. The minimum absolute atomic E-state index is 0.00834. The van der Waals surface area contributed by atoms with Crippen LogP contribution in [-0.2, 0) is 11.2 Å². The highest BCUT2D eigenvalue weighted by Crippen LogP contribution is 2.20. The van der Waals surface area contributed by atoms with Crippen LogP contribution >= 0.6 is 0 Å². The number of halogens is 2. The topological polar surface area (TPSA) is 78.9 Å². The molecule has 0 saturated carbocycles. The zero-order valence-corrected chi connectivity index (χ0v) is 26.8. The number of carbonyl (C=O) groups excluding carboxylic acids is 2.